The lowest BCUT2D eigenvalue weighted by Gasteiger charge is -2.06. The van der Waals surface area contributed by atoms with Gasteiger partial charge in [-0.3, -0.25) is 4.98 Å². The summed E-state index contributed by atoms with van der Waals surface area (Å²) in [5.74, 6) is 0.739. The zero-order valence-electron chi connectivity index (χ0n) is 12.5. The standard InChI is InChI=1S/C17H20N4/c1-3-4-9-21-11-19-16(17(21)18)14-7-8-15-13(10-14)6-5-12(2)20-15/h5-8,10-11H,3-4,9,18H2,1-2H3. The molecule has 2 aromatic heterocycles. The molecular weight excluding hydrogens is 260 g/mol. The van der Waals surface area contributed by atoms with E-state index in [1.165, 1.54) is 0 Å². The van der Waals surface area contributed by atoms with Crippen molar-refractivity contribution < 1.29 is 0 Å². The third-order valence-electron chi connectivity index (χ3n) is 3.73. The van der Waals surface area contributed by atoms with Gasteiger partial charge in [0.05, 0.1) is 11.8 Å². The molecule has 1 aromatic carbocycles. The molecule has 0 amide bonds. The second-order valence-electron chi connectivity index (χ2n) is 5.39. The number of nitrogens with zero attached hydrogens (tertiary/aromatic N) is 3. The Labute approximate surface area is 124 Å². The summed E-state index contributed by atoms with van der Waals surface area (Å²) in [6, 6.07) is 10.3. The van der Waals surface area contributed by atoms with Crippen molar-refractivity contribution in [3.63, 3.8) is 0 Å². The number of anilines is 1. The molecule has 2 heterocycles. The summed E-state index contributed by atoms with van der Waals surface area (Å²) in [5.41, 5.74) is 10.2. The lowest BCUT2D eigenvalue weighted by molar-refractivity contribution is 0.637. The highest BCUT2D eigenvalue weighted by Gasteiger charge is 2.10. The maximum Gasteiger partial charge on any atom is 0.131 e. The molecule has 0 saturated carbocycles. The average Bonchev–Trinajstić information content (AvgIpc) is 2.85. The highest BCUT2D eigenvalue weighted by Crippen LogP contribution is 2.27. The number of fused-ring (bicyclic) bond motifs is 1. The van der Waals surface area contributed by atoms with Crippen LogP contribution < -0.4 is 5.73 Å². The Bertz CT molecular complexity index is 774. The van der Waals surface area contributed by atoms with Gasteiger partial charge in [-0.15, -0.1) is 0 Å². The molecule has 0 aliphatic carbocycles. The van der Waals surface area contributed by atoms with Crippen LogP contribution in [0.4, 0.5) is 5.82 Å². The smallest absolute Gasteiger partial charge is 0.131 e. The fourth-order valence-electron chi connectivity index (χ4n) is 2.50. The van der Waals surface area contributed by atoms with Gasteiger partial charge in [0, 0.05) is 23.2 Å². The van der Waals surface area contributed by atoms with E-state index >= 15 is 0 Å². The van der Waals surface area contributed by atoms with Crippen LogP contribution in [-0.2, 0) is 6.54 Å². The number of aromatic nitrogens is 3. The van der Waals surface area contributed by atoms with E-state index in [4.69, 9.17) is 5.73 Å². The van der Waals surface area contributed by atoms with Gasteiger partial charge in [0.15, 0.2) is 0 Å². The first kappa shape index (κ1) is 13.6. The van der Waals surface area contributed by atoms with Crippen LogP contribution in [0, 0.1) is 6.92 Å². The molecule has 0 radical (unpaired) electrons. The van der Waals surface area contributed by atoms with Gasteiger partial charge in [-0.25, -0.2) is 4.98 Å². The van der Waals surface area contributed by atoms with Crippen LogP contribution in [0.1, 0.15) is 25.5 Å². The molecule has 0 aliphatic rings. The molecule has 21 heavy (non-hydrogen) atoms. The van der Waals surface area contributed by atoms with Crippen molar-refractivity contribution in [1.29, 1.82) is 0 Å². The van der Waals surface area contributed by atoms with Gasteiger partial charge >= 0.3 is 0 Å². The zero-order valence-corrected chi connectivity index (χ0v) is 12.5. The van der Waals surface area contributed by atoms with Crippen molar-refractivity contribution in [3.05, 3.63) is 42.4 Å². The third-order valence-corrected chi connectivity index (χ3v) is 3.73. The monoisotopic (exact) mass is 280 g/mol. The van der Waals surface area contributed by atoms with Crippen LogP contribution in [-0.4, -0.2) is 14.5 Å². The maximum absolute atomic E-state index is 6.23. The average molecular weight is 280 g/mol. The number of unbranched alkanes of at least 4 members (excludes halogenated alkanes) is 1. The topological polar surface area (TPSA) is 56.7 Å². The van der Waals surface area contributed by atoms with E-state index in [0.717, 1.165) is 53.1 Å². The molecule has 0 bridgehead atoms. The zero-order chi connectivity index (χ0) is 14.8. The fraction of sp³-hybridized carbons (Fsp3) is 0.294. The van der Waals surface area contributed by atoms with E-state index in [2.05, 4.69) is 29.0 Å². The van der Waals surface area contributed by atoms with E-state index in [0.29, 0.717) is 0 Å². The highest BCUT2D eigenvalue weighted by atomic mass is 15.1. The Kier molecular flexibility index (Phi) is 3.60. The summed E-state index contributed by atoms with van der Waals surface area (Å²) in [7, 11) is 0. The Balaban J connectivity index is 2.00. The van der Waals surface area contributed by atoms with Gasteiger partial charge in [0.1, 0.15) is 11.5 Å². The lowest BCUT2D eigenvalue weighted by Crippen LogP contribution is -2.02. The summed E-state index contributed by atoms with van der Waals surface area (Å²) in [6.07, 6.45) is 4.09. The summed E-state index contributed by atoms with van der Waals surface area (Å²) < 4.78 is 2.02. The minimum atomic E-state index is 0.739. The number of aryl methyl sites for hydroxylation is 2. The number of hydrogen-bond acceptors (Lipinski definition) is 3. The van der Waals surface area contributed by atoms with E-state index in [-0.39, 0.29) is 0 Å². The van der Waals surface area contributed by atoms with E-state index < -0.39 is 0 Å². The van der Waals surface area contributed by atoms with Crippen molar-refractivity contribution in [2.45, 2.75) is 33.2 Å². The third kappa shape index (κ3) is 2.61. The quantitative estimate of drug-likeness (QED) is 0.791. The fourth-order valence-corrected chi connectivity index (χ4v) is 2.50. The second kappa shape index (κ2) is 5.56. The molecular formula is C17H20N4. The van der Waals surface area contributed by atoms with E-state index in [1.54, 1.807) is 0 Å². The van der Waals surface area contributed by atoms with E-state index in [1.807, 2.05) is 36.0 Å². The Hall–Kier alpha value is -2.36. The minimum Gasteiger partial charge on any atom is -0.383 e. The first-order valence-corrected chi connectivity index (χ1v) is 7.37. The predicted octanol–water partition coefficient (Wildman–Crippen LogP) is 3.79. The van der Waals surface area contributed by atoms with Crippen molar-refractivity contribution in [2.24, 2.45) is 0 Å². The first-order chi connectivity index (χ1) is 10.2. The van der Waals surface area contributed by atoms with Crippen LogP contribution in [0.25, 0.3) is 22.2 Å². The molecule has 4 heteroatoms. The summed E-state index contributed by atoms with van der Waals surface area (Å²) in [4.78, 5) is 9.00. The Morgan fingerprint density at radius 2 is 2.05 bits per heavy atom. The van der Waals surface area contributed by atoms with Crippen molar-refractivity contribution in [3.8, 4) is 11.3 Å². The summed E-state index contributed by atoms with van der Waals surface area (Å²) in [6.45, 7) is 5.09. The molecule has 0 atom stereocenters. The molecule has 2 N–H and O–H groups in total. The minimum absolute atomic E-state index is 0.739. The Morgan fingerprint density at radius 3 is 2.86 bits per heavy atom. The Morgan fingerprint density at radius 1 is 1.19 bits per heavy atom. The van der Waals surface area contributed by atoms with Gasteiger partial charge < -0.3 is 10.3 Å². The number of nitrogens with two attached hydrogens (primary N) is 1. The molecule has 4 nitrogen and oxygen atoms in total. The van der Waals surface area contributed by atoms with Crippen LogP contribution in [0.2, 0.25) is 0 Å². The van der Waals surface area contributed by atoms with Crippen molar-refractivity contribution >= 4 is 16.7 Å². The molecule has 0 saturated heterocycles. The molecule has 0 fully saturated rings. The largest absolute Gasteiger partial charge is 0.383 e. The number of pyridine rings is 1. The van der Waals surface area contributed by atoms with Gasteiger partial charge in [0.2, 0.25) is 0 Å². The molecule has 0 unspecified atom stereocenters. The number of rotatable bonds is 4. The molecule has 3 aromatic rings. The SMILES string of the molecule is CCCCn1cnc(-c2ccc3nc(C)ccc3c2)c1N. The number of nitrogen functional groups attached to an aromatic ring is 1. The molecule has 0 aliphatic heterocycles. The van der Waals surface area contributed by atoms with Gasteiger partial charge in [-0.05, 0) is 31.5 Å². The molecule has 3 rings (SSSR count). The number of imidazole rings is 1. The van der Waals surface area contributed by atoms with Crippen molar-refractivity contribution in [1.82, 2.24) is 14.5 Å². The second-order valence-corrected chi connectivity index (χ2v) is 5.39. The number of hydrogen-bond donors (Lipinski definition) is 1. The highest BCUT2D eigenvalue weighted by molar-refractivity contribution is 5.85. The first-order valence-electron chi connectivity index (χ1n) is 7.37. The molecule has 0 spiro atoms. The summed E-state index contributed by atoms with van der Waals surface area (Å²) >= 11 is 0. The number of benzene rings is 1. The summed E-state index contributed by atoms with van der Waals surface area (Å²) in [5, 5.41) is 1.11. The van der Waals surface area contributed by atoms with E-state index in [9.17, 15) is 0 Å². The molecule has 108 valence electrons. The van der Waals surface area contributed by atoms with Crippen LogP contribution in [0.3, 0.4) is 0 Å². The van der Waals surface area contributed by atoms with Crippen LogP contribution >= 0.6 is 0 Å². The van der Waals surface area contributed by atoms with Crippen molar-refractivity contribution in [2.75, 3.05) is 5.73 Å². The lowest BCUT2D eigenvalue weighted by atomic mass is 10.1. The maximum atomic E-state index is 6.23. The van der Waals surface area contributed by atoms with Gasteiger partial charge in [-0.2, -0.15) is 0 Å². The van der Waals surface area contributed by atoms with Crippen LogP contribution in [0.15, 0.2) is 36.7 Å². The predicted molar refractivity (Wildman–Crippen MR) is 87.0 cm³/mol. The normalized spacial score (nSPS) is 11.1. The van der Waals surface area contributed by atoms with Crippen LogP contribution in [0.5, 0.6) is 0 Å². The van der Waals surface area contributed by atoms with Gasteiger partial charge in [0.25, 0.3) is 0 Å². The van der Waals surface area contributed by atoms with Gasteiger partial charge in [-0.1, -0.05) is 25.5 Å².